The third-order valence-corrected chi connectivity index (χ3v) is 4.10. The zero-order valence-corrected chi connectivity index (χ0v) is 13.7. The van der Waals surface area contributed by atoms with Gasteiger partial charge in [-0.1, -0.05) is 0 Å². The maximum absolute atomic E-state index is 10.7. The summed E-state index contributed by atoms with van der Waals surface area (Å²) in [6.07, 6.45) is 5.42. The summed E-state index contributed by atoms with van der Waals surface area (Å²) in [5.41, 5.74) is 1.62. The first kappa shape index (κ1) is 16.6. The Morgan fingerprint density at radius 3 is 2.79 bits per heavy atom. The van der Waals surface area contributed by atoms with E-state index >= 15 is 0 Å². The normalized spacial score (nSPS) is 18.0. The SMILES string of the molecule is CN(Cc1coc(-c2ccc([N+](=O)[O-])cc2)n1)C[C@@H]1CCCCO1. The number of benzene rings is 1. The lowest BCUT2D eigenvalue weighted by Gasteiger charge is -2.26. The molecule has 0 radical (unpaired) electrons. The molecule has 2 heterocycles. The molecule has 0 bridgehead atoms. The Hall–Kier alpha value is -2.25. The van der Waals surface area contributed by atoms with E-state index in [1.807, 2.05) is 7.05 Å². The van der Waals surface area contributed by atoms with Crippen molar-refractivity contribution in [3.05, 3.63) is 46.3 Å². The summed E-state index contributed by atoms with van der Waals surface area (Å²) in [5.74, 6) is 0.474. The van der Waals surface area contributed by atoms with Gasteiger partial charge in [-0.15, -0.1) is 0 Å². The summed E-state index contributed by atoms with van der Waals surface area (Å²) < 4.78 is 11.3. The van der Waals surface area contributed by atoms with Crippen molar-refractivity contribution in [2.24, 2.45) is 0 Å². The van der Waals surface area contributed by atoms with E-state index in [4.69, 9.17) is 9.15 Å². The monoisotopic (exact) mass is 331 g/mol. The third-order valence-electron chi connectivity index (χ3n) is 4.10. The van der Waals surface area contributed by atoms with Crippen LogP contribution < -0.4 is 0 Å². The molecule has 1 atom stereocenters. The molecule has 0 aliphatic carbocycles. The van der Waals surface area contributed by atoms with Crippen LogP contribution in [0.3, 0.4) is 0 Å². The molecule has 7 nitrogen and oxygen atoms in total. The highest BCUT2D eigenvalue weighted by Gasteiger charge is 2.17. The van der Waals surface area contributed by atoms with Crippen LogP contribution in [0.5, 0.6) is 0 Å². The van der Waals surface area contributed by atoms with E-state index in [0.29, 0.717) is 18.5 Å². The molecule has 1 aliphatic heterocycles. The van der Waals surface area contributed by atoms with Crippen molar-refractivity contribution in [3.8, 4) is 11.5 Å². The van der Waals surface area contributed by atoms with Gasteiger partial charge in [-0.05, 0) is 38.4 Å². The number of likely N-dealkylation sites (N-methyl/N-ethyl adjacent to an activating group) is 1. The summed E-state index contributed by atoms with van der Waals surface area (Å²) >= 11 is 0. The number of aromatic nitrogens is 1. The van der Waals surface area contributed by atoms with Gasteiger partial charge in [-0.2, -0.15) is 0 Å². The molecule has 0 unspecified atom stereocenters. The number of hydrogen-bond acceptors (Lipinski definition) is 6. The van der Waals surface area contributed by atoms with Crippen LogP contribution in [-0.2, 0) is 11.3 Å². The highest BCUT2D eigenvalue weighted by Crippen LogP contribution is 2.22. The standard InChI is InChI=1S/C17H21N3O4/c1-19(11-16-4-2-3-9-23-16)10-14-12-24-17(18-14)13-5-7-15(8-6-13)20(21)22/h5-8,12,16H,2-4,9-11H2,1H3/t16-/m0/s1. The van der Waals surface area contributed by atoms with E-state index in [1.54, 1.807) is 18.4 Å². The molecule has 0 amide bonds. The van der Waals surface area contributed by atoms with Crippen molar-refractivity contribution in [1.82, 2.24) is 9.88 Å². The predicted molar refractivity (Wildman–Crippen MR) is 88.5 cm³/mol. The maximum atomic E-state index is 10.7. The minimum atomic E-state index is -0.424. The van der Waals surface area contributed by atoms with Crippen LogP contribution in [0.25, 0.3) is 11.5 Å². The molecule has 0 spiro atoms. The van der Waals surface area contributed by atoms with Crippen molar-refractivity contribution in [2.75, 3.05) is 20.2 Å². The average molecular weight is 331 g/mol. The van der Waals surface area contributed by atoms with E-state index in [0.717, 1.165) is 37.3 Å². The molecule has 2 aromatic rings. The van der Waals surface area contributed by atoms with E-state index in [-0.39, 0.29) is 5.69 Å². The minimum Gasteiger partial charge on any atom is -0.444 e. The van der Waals surface area contributed by atoms with Crippen LogP contribution in [0.2, 0.25) is 0 Å². The van der Waals surface area contributed by atoms with E-state index < -0.39 is 4.92 Å². The molecular weight excluding hydrogens is 310 g/mol. The molecule has 1 aliphatic rings. The molecule has 128 valence electrons. The Kier molecular flexibility index (Phi) is 5.22. The molecule has 1 fully saturated rings. The van der Waals surface area contributed by atoms with Gasteiger partial charge in [-0.25, -0.2) is 4.98 Å². The lowest BCUT2D eigenvalue weighted by molar-refractivity contribution is -0.384. The molecule has 1 saturated heterocycles. The predicted octanol–water partition coefficient (Wildman–Crippen LogP) is 3.25. The maximum Gasteiger partial charge on any atom is 0.269 e. The third kappa shape index (κ3) is 4.18. The molecule has 24 heavy (non-hydrogen) atoms. The number of nitro benzene ring substituents is 1. The Balaban J connectivity index is 1.59. The smallest absolute Gasteiger partial charge is 0.269 e. The van der Waals surface area contributed by atoms with Gasteiger partial charge in [0.25, 0.3) is 5.69 Å². The van der Waals surface area contributed by atoms with Crippen molar-refractivity contribution in [3.63, 3.8) is 0 Å². The van der Waals surface area contributed by atoms with Crippen molar-refractivity contribution in [1.29, 1.82) is 0 Å². The minimum absolute atomic E-state index is 0.0535. The Bertz CT molecular complexity index is 677. The topological polar surface area (TPSA) is 81.6 Å². The van der Waals surface area contributed by atoms with Crippen molar-refractivity contribution in [2.45, 2.75) is 31.9 Å². The van der Waals surface area contributed by atoms with Gasteiger partial charge in [0.05, 0.1) is 16.7 Å². The summed E-state index contributed by atoms with van der Waals surface area (Å²) in [7, 11) is 2.04. The Morgan fingerprint density at radius 1 is 1.33 bits per heavy atom. The molecule has 1 aromatic carbocycles. The summed E-state index contributed by atoms with van der Waals surface area (Å²) in [6.45, 7) is 2.41. The van der Waals surface area contributed by atoms with Crippen LogP contribution in [0.4, 0.5) is 5.69 Å². The highest BCUT2D eigenvalue weighted by molar-refractivity contribution is 5.55. The second kappa shape index (κ2) is 7.55. The highest BCUT2D eigenvalue weighted by atomic mass is 16.6. The van der Waals surface area contributed by atoms with Gasteiger partial charge in [0, 0.05) is 37.4 Å². The molecule has 0 saturated carbocycles. The summed E-state index contributed by atoms with van der Waals surface area (Å²) in [6, 6.07) is 6.19. The molecule has 7 heteroatoms. The number of non-ortho nitro benzene ring substituents is 1. The Labute approximate surface area is 140 Å². The fraction of sp³-hybridized carbons (Fsp3) is 0.471. The molecule has 1 aromatic heterocycles. The summed E-state index contributed by atoms with van der Waals surface area (Å²) in [4.78, 5) is 16.9. The number of rotatable bonds is 6. The van der Waals surface area contributed by atoms with Gasteiger partial charge in [0.2, 0.25) is 5.89 Å². The van der Waals surface area contributed by atoms with Crippen molar-refractivity contribution >= 4 is 5.69 Å². The summed E-state index contributed by atoms with van der Waals surface area (Å²) in [5, 5.41) is 10.7. The molecular formula is C17H21N3O4. The number of ether oxygens (including phenoxy) is 1. The fourth-order valence-corrected chi connectivity index (χ4v) is 2.88. The van der Waals surface area contributed by atoms with Crippen LogP contribution in [0.1, 0.15) is 25.0 Å². The lowest BCUT2D eigenvalue weighted by atomic mass is 10.1. The van der Waals surface area contributed by atoms with Gasteiger partial charge >= 0.3 is 0 Å². The first-order valence-corrected chi connectivity index (χ1v) is 8.11. The second-order valence-electron chi connectivity index (χ2n) is 6.13. The number of hydrogen-bond donors (Lipinski definition) is 0. The quantitative estimate of drug-likeness (QED) is 0.597. The van der Waals surface area contributed by atoms with Crippen LogP contribution in [0, 0.1) is 10.1 Å². The molecule has 0 N–H and O–H groups in total. The van der Waals surface area contributed by atoms with Gasteiger partial charge in [0.15, 0.2) is 0 Å². The van der Waals surface area contributed by atoms with E-state index in [1.165, 1.54) is 18.6 Å². The zero-order valence-electron chi connectivity index (χ0n) is 13.7. The second-order valence-corrected chi connectivity index (χ2v) is 6.13. The molecule has 3 rings (SSSR count). The van der Waals surface area contributed by atoms with Crippen LogP contribution in [-0.4, -0.2) is 41.1 Å². The number of nitrogens with zero attached hydrogens (tertiary/aromatic N) is 3. The number of oxazole rings is 1. The van der Waals surface area contributed by atoms with E-state index in [9.17, 15) is 10.1 Å². The first-order valence-electron chi connectivity index (χ1n) is 8.11. The van der Waals surface area contributed by atoms with Gasteiger partial charge in [0.1, 0.15) is 6.26 Å². The van der Waals surface area contributed by atoms with Crippen molar-refractivity contribution < 1.29 is 14.1 Å². The Morgan fingerprint density at radius 2 is 2.12 bits per heavy atom. The average Bonchev–Trinajstić information content (AvgIpc) is 3.04. The van der Waals surface area contributed by atoms with E-state index in [2.05, 4.69) is 9.88 Å². The van der Waals surface area contributed by atoms with Crippen LogP contribution >= 0.6 is 0 Å². The zero-order chi connectivity index (χ0) is 16.9. The van der Waals surface area contributed by atoms with Crippen LogP contribution in [0.15, 0.2) is 34.9 Å². The van der Waals surface area contributed by atoms with Gasteiger partial charge in [-0.3, -0.25) is 15.0 Å². The number of nitro groups is 1. The van der Waals surface area contributed by atoms with Gasteiger partial charge < -0.3 is 9.15 Å². The lowest BCUT2D eigenvalue weighted by Crippen LogP contribution is -2.33. The first-order chi connectivity index (χ1) is 11.6. The largest absolute Gasteiger partial charge is 0.444 e. The fourth-order valence-electron chi connectivity index (χ4n) is 2.88.